The minimum absolute atomic E-state index is 0.00656. The topological polar surface area (TPSA) is 84.9 Å². The first-order chi connectivity index (χ1) is 15.1. The molecule has 0 aliphatic carbocycles. The summed E-state index contributed by atoms with van der Waals surface area (Å²) in [5.74, 6) is -2.82. The summed E-state index contributed by atoms with van der Waals surface area (Å²) < 4.78 is 11.4. The lowest BCUT2D eigenvalue weighted by Gasteiger charge is -2.47. The minimum Gasteiger partial charge on any atom is -0.400 e. The lowest BCUT2D eigenvalue weighted by atomic mass is 9.99. The molecule has 7 nitrogen and oxygen atoms in total. The van der Waals surface area contributed by atoms with Crippen LogP contribution in [0.5, 0.6) is 0 Å². The standard InChI is InChI=1S/C24H24N2O5/c27-17-19-6-8-21(9-7-19)26-15-13-20(25-14-12-18-4-2-1-3-5-18)16-24(26)30-22(28)10-11-23(29)31-24/h1-11,17,20,25H,12-16H2. The van der Waals surface area contributed by atoms with Gasteiger partial charge in [0.05, 0.1) is 6.42 Å². The van der Waals surface area contributed by atoms with Gasteiger partial charge in [-0.25, -0.2) is 9.59 Å². The van der Waals surface area contributed by atoms with Gasteiger partial charge in [-0.05, 0) is 49.2 Å². The SMILES string of the molecule is O=Cc1ccc(N2CCC(NCCc3ccccc3)CC23OC(=O)C=CC(=O)O3)cc1. The number of ether oxygens (including phenoxy) is 2. The molecule has 0 bridgehead atoms. The summed E-state index contributed by atoms with van der Waals surface area (Å²) >= 11 is 0. The molecule has 0 aromatic heterocycles. The average Bonchev–Trinajstić information content (AvgIpc) is 2.92. The highest BCUT2D eigenvalue weighted by molar-refractivity contribution is 5.93. The van der Waals surface area contributed by atoms with Crippen LogP contribution in [0.15, 0.2) is 66.7 Å². The number of benzene rings is 2. The van der Waals surface area contributed by atoms with E-state index in [1.54, 1.807) is 29.2 Å². The highest BCUT2D eigenvalue weighted by Crippen LogP contribution is 2.36. The second-order valence-corrected chi connectivity index (χ2v) is 7.63. The molecule has 2 aromatic rings. The number of hydrogen-bond acceptors (Lipinski definition) is 7. The van der Waals surface area contributed by atoms with Crippen molar-refractivity contribution in [1.82, 2.24) is 5.32 Å². The summed E-state index contributed by atoms with van der Waals surface area (Å²) in [7, 11) is 0. The summed E-state index contributed by atoms with van der Waals surface area (Å²) in [5.41, 5.74) is 2.47. The third-order valence-corrected chi connectivity index (χ3v) is 5.52. The average molecular weight is 420 g/mol. The van der Waals surface area contributed by atoms with Crippen LogP contribution in [0.4, 0.5) is 5.69 Å². The lowest BCUT2D eigenvalue weighted by molar-refractivity contribution is -0.228. The summed E-state index contributed by atoms with van der Waals surface area (Å²) in [6.07, 6.45) is 4.85. The molecular formula is C24H24N2O5. The second-order valence-electron chi connectivity index (χ2n) is 7.63. The highest BCUT2D eigenvalue weighted by Gasteiger charge is 2.50. The quantitative estimate of drug-likeness (QED) is 0.568. The van der Waals surface area contributed by atoms with E-state index in [0.29, 0.717) is 17.8 Å². The number of carbonyl (C=O) groups is 3. The number of anilines is 1. The van der Waals surface area contributed by atoms with Crippen LogP contribution in [0.3, 0.4) is 0 Å². The van der Waals surface area contributed by atoms with Gasteiger partial charge in [-0.1, -0.05) is 30.3 Å². The van der Waals surface area contributed by atoms with Crippen molar-refractivity contribution in [2.75, 3.05) is 18.0 Å². The molecule has 31 heavy (non-hydrogen) atoms. The number of carbonyl (C=O) groups excluding carboxylic acids is 3. The van der Waals surface area contributed by atoms with E-state index in [1.807, 2.05) is 18.2 Å². The van der Waals surface area contributed by atoms with Gasteiger partial charge in [0.1, 0.15) is 6.29 Å². The third-order valence-electron chi connectivity index (χ3n) is 5.52. The van der Waals surface area contributed by atoms with E-state index in [4.69, 9.17) is 9.47 Å². The Bertz CT molecular complexity index is 951. The van der Waals surface area contributed by atoms with Crippen molar-refractivity contribution in [3.8, 4) is 0 Å². The van der Waals surface area contributed by atoms with Crippen LogP contribution in [0.1, 0.15) is 28.8 Å². The van der Waals surface area contributed by atoms with E-state index in [2.05, 4.69) is 17.4 Å². The number of nitrogens with one attached hydrogen (secondary N) is 1. The molecule has 1 saturated heterocycles. The van der Waals surface area contributed by atoms with Crippen molar-refractivity contribution >= 4 is 23.9 Å². The molecule has 1 fully saturated rings. The molecule has 4 rings (SSSR count). The zero-order chi connectivity index (χ0) is 21.7. The summed E-state index contributed by atoms with van der Waals surface area (Å²) in [6.45, 7) is 1.25. The first-order valence-corrected chi connectivity index (χ1v) is 10.3. The Kier molecular flexibility index (Phi) is 6.13. The monoisotopic (exact) mass is 420 g/mol. The van der Waals surface area contributed by atoms with Gasteiger partial charge >= 0.3 is 17.8 Å². The van der Waals surface area contributed by atoms with Crippen molar-refractivity contribution in [3.05, 3.63) is 77.9 Å². The summed E-state index contributed by atoms with van der Waals surface area (Å²) in [4.78, 5) is 37.3. The van der Waals surface area contributed by atoms with Crippen LogP contribution < -0.4 is 10.2 Å². The van der Waals surface area contributed by atoms with Gasteiger partial charge in [0.25, 0.3) is 0 Å². The minimum atomic E-state index is -1.55. The zero-order valence-corrected chi connectivity index (χ0v) is 17.0. The molecule has 160 valence electrons. The fourth-order valence-corrected chi connectivity index (χ4v) is 4.01. The van der Waals surface area contributed by atoms with E-state index in [0.717, 1.165) is 37.8 Å². The Morgan fingerprint density at radius 2 is 1.68 bits per heavy atom. The fraction of sp³-hybridized carbons (Fsp3) is 0.292. The summed E-state index contributed by atoms with van der Waals surface area (Å²) in [6, 6.07) is 17.0. The first-order valence-electron chi connectivity index (χ1n) is 10.3. The number of piperidine rings is 1. The van der Waals surface area contributed by atoms with Crippen molar-refractivity contribution < 1.29 is 23.9 Å². The van der Waals surface area contributed by atoms with Gasteiger partial charge in [0.15, 0.2) is 0 Å². The Balaban J connectivity index is 1.53. The Morgan fingerprint density at radius 1 is 1.00 bits per heavy atom. The lowest BCUT2D eigenvalue weighted by Crippen LogP contribution is -2.62. The second kappa shape index (κ2) is 9.14. The van der Waals surface area contributed by atoms with Crippen molar-refractivity contribution in [3.63, 3.8) is 0 Å². The van der Waals surface area contributed by atoms with Crippen LogP contribution >= 0.6 is 0 Å². The van der Waals surface area contributed by atoms with Crippen molar-refractivity contribution in [2.24, 2.45) is 0 Å². The number of rotatable bonds is 6. The Labute approximate surface area is 180 Å². The van der Waals surface area contributed by atoms with Crippen LogP contribution in [-0.2, 0) is 25.5 Å². The molecule has 0 saturated carbocycles. The van der Waals surface area contributed by atoms with Crippen LogP contribution in [0, 0.1) is 0 Å². The molecule has 0 radical (unpaired) electrons. The molecule has 2 aliphatic heterocycles. The van der Waals surface area contributed by atoms with Gasteiger partial charge < -0.3 is 19.7 Å². The van der Waals surface area contributed by atoms with E-state index in [-0.39, 0.29) is 12.5 Å². The first kappa shape index (κ1) is 20.8. The predicted molar refractivity (Wildman–Crippen MR) is 114 cm³/mol. The van der Waals surface area contributed by atoms with E-state index >= 15 is 0 Å². The van der Waals surface area contributed by atoms with Crippen molar-refractivity contribution in [1.29, 1.82) is 0 Å². The highest BCUT2D eigenvalue weighted by atomic mass is 16.8. The molecule has 2 aromatic carbocycles. The molecule has 1 atom stereocenters. The fourth-order valence-electron chi connectivity index (χ4n) is 4.01. The van der Waals surface area contributed by atoms with E-state index < -0.39 is 17.8 Å². The van der Waals surface area contributed by atoms with Crippen molar-refractivity contribution in [2.45, 2.75) is 31.2 Å². The van der Waals surface area contributed by atoms with E-state index in [1.165, 1.54) is 5.56 Å². The van der Waals surface area contributed by atoms with Gasteiger partial charge in [-0.3, -0.25) is 4.79 Å². The van der Waals surface area contributed by atoms with Gasteiger partial charge in [0, 0.05) is 36.0 Å². The maximum Gasteiger partial charge on any atom is 0.344 e. The van der Waals surface area contributed by atoms with Crippen LogP contribution in [-0.4, -0.2) is 43.3 Å². The van der Waals surface area contributed by atoms with Gasteiger partial charge in [-0.2, -0.15) is 0 Å². The summed E-state index contributed by atoms with van der Waals surface area (Å²) in [5, 5.41) is 3.51. The number of nitrogens with zero attached hydrogens (tertiary/aromatic N) is 1. The molecule has 1 spiro atoms. The van der Waals surface area contributed by atoms with E-state index in [9.17, 15) is 14.4 Å². The van der Waals surface area contributed by atoms with Gasteiger partial charge in [-0.15, -0.1) is 0 Å². The van der Waals surface area contributed by atoms with Crippen LogP contribution in [0.2, 0.25) is 0 Å². The predicted octanol–water partition coefficient (Wildman–Crippen LogP) is 2.61. The maximum absolute atomic E-state index is 12.3. The number of esters is 2. The number of aldehydes is 1. The molecule has 7 heteroatoms. The molecule has 1 N–H and O–H groups in total. The van der Waals surface area contributed by atoms with Gasteiger partial charge in [0.2, 0.25) is 0 Å². The Morgan fingerprint density at radius 3 is 2.32 bits per heavy atom. The number of hydrogen-bond donors (Lipinski definition) is 1. The third kappa shape index (κ3) is 4.83. The smallest absolute Gasteiger partial charge is 0.344 e. The zero-order valence-electron chi connectivity index (χ0n) is 17.0. The molecule has 0 amide bonds. The Hall–Kier alpha value is -3.45. The molecular weight excluding hydrogens is 396 g/mol. The largest absolute Gasteiger partial charge is 0.400 e. The normalized spacial score (nSPS) is 20.1. The molecule has 2 aliphatic rings. The maximum atomic E-state index is 12.3. The molecule has 1 unspecified atom stereocenters. The molecule has 2 heterocycles. The van der Waals surface area contributed by atoms with Crippen LogP contribution in [0.25, 0.3) is 0 Å².